The smallest absolute Gasteiger partial charge is 0.153 e. The van der Waals surface area contributed by atoms with E-state index < -0.39 is 0 Å². The number of imidazole rings is 1. The number of rotatable bonds is 2. The van der Waals surface area contributed by atoms with Crippen LogP contribution in [0.3, 0.4) is 0 Å². The highest BCUT2D eigenvalue weighted by Gasteiger charge is 2.09. The molecule has 0 aliphatic heterocycles. The first-order valence-corrected chi connectivity index (χ1v) is 5.69. The number of hydrogen-bond acceptors (Lipinski definition) is 4. The van der Waals surface area contributed by atoms with Crippen LogP contribution < -0.4 is 4.90 Å². The zero-order valence-corrected chi connectivity index (χ0v) is 10.3. The van der Waals surface area contributed by atoms with Crippen LogP contribution in [0, 0.1) is 0 Å². The molecule has 0 unspecified atom stereocenters. The predicted molar refractivity (Wildman–Crippen MR) is 70.5 cm³/mol. The molecule has 5 nitrogen and oxygen atoms in total. The summed E-state index contributed by atoms with van der Waals surface area (Å²) in [6.45, 7) is 0. The quantitative estimate of drug-likeness (QED) is 0.684. The molecule has 0 spiro atoms. The van der Waals surface area contributed by atoms with Gasteiger partial charge in [-0.1, -0.05) is 0 Å². The molecule has 0 saturated carbocycles. The second-order valence-corrected chi connectivity index (χ2v) is 4.22. The first-order chi connectivity index (χ1) is 8.75. The molecule has 0 aromatic carbocycles. The number of anilines is 1. The Morgan fingerprint density at radius 2 is 1.94 bits per heavy atom. The third kappa shape index (κ3) is 1.69. The molecule has 0 aliphatic carbocycles. The molecule has 0 N–H and O–H groups in total. The molecule has 0 saturated heterocycles. The van der Waals surface area contributed by atoms with E-state index in [9.17, 15) is 0 Å². The maximum absolute atomic E-state index is 4.54. The Bertz CT molecular complexity index is 686. The van der Waals surface area contributed by atoms with Gasteiger partial charge in [-0.05, 0) is 24.3 Å². The van der Waals surface area contributed by atoms with Gasteiger partial charge in [0.25, 0.3) is 0 Å². The lowest BCUT2D eigenvalue weighted by Gasteiger charge is -2.15. The summed E-state index contributed by atoms with van der Waals surface area (Å²) in [5.74, 6) is 0.907. The molecule has 0 bridgehead atoms. The SMILES string of the molecule is CN(C)c1ncccc1-c1ccc2nccn2n1. The number of fused-ring (bicyclic) bond motifs is 1. The topological polar surface area (TPSA) is 46.3 Å². The number of nitrogens with zero attached hydrogens (tertiary/aromatic N) is 5. The summed E-state index contributed by atoms with van der Waals surface area (Å²) >= 11 is 0. The predicted octanol–water partition coefficient (Wildman–Crippen LogP) is 1.86. The molecule has 0 radical (unpaired) electrons. The molecular weight excluding hydrogens is 226 g/mol. The van der Waals surface area contributed by atoms with Crippen molar-refractivity contribution >= 4 is 11.5 Å². The van der Waals surface area contributed by atoms with Crippen molar-refractivity contribution in [1.29, 1.82) is 0 Å². The summed E-state index contributed by atoms with van der Waals surface area (Å²) in [5.41, 5.74) is 2.74. The molecule has 18 heavy (non-hydrogen) atoms. The Morgan fingerprint density at radius 1 is 1.06 bits per heavy atom. The molecule has 5 heteroatoms. The third-order valence-electron chi connectivity index (χ3n) is 2.74. The fourth-order valence-corrected chi connectivity index (χ4v) is 1.91. The standard InChI is InChI=1S/C13H13N5/c1-17(2)13-10(4-3-7-15-13)11-5-6-12-14-8-9-18(12)16-11/h3-9H,1-2H3. The van der Waals surface area contributed by atoms with Gasteiger partial charge >= 0.3 is 0 Å². The average Bonchev–Trinajstić information content (AvgIpc) is 2.85. The second-order valence-electron chi connectivity index (χ2n) is 4.22. The Labute approximate surface area is 105 Å². The van der Waals surface area contributed by atoms with Gasteiger partial charge in [0.1, 0.15) is 5.82 Å². The molecule has 0 aliphatic rings. The van der Waals surface area contributed by atoms with Crippen molar-refractivity contribution in [2.24, 2.45) is 0 Å². The Kier molecular flexibility index (Phi) is 2.44. The van der Waals surface area contributed by atoms with Gasteiger partial charge in [0.15, 0.2) is 5.65 Å². The molecule has 3 aromatic rings. The highest BCUT2D eigenvalue weighted by atomic mass is 15.2. The molecule has 3 rings (SSSR count). The van der Waals surface area contributed by atoms with E-state index in [1.165, 1.54) is 0 Å². The van der Waals surface area contributed by atoms with Crippen LogP contribution in [0.5, 0.6) is 0 Å². The van der Waals surface area contributed by atoms with Gasteiger partial charge in [-0.15, -0.1) is 0 Å². The summed E-state index contributed by atoms with van der Waals surface area (Å²) in [6, 6.07) is 7.86. The maximum Gasteiger partial charge on any atom is 0.153 e. The van der Waals surface area contributed by atoms with Crippen LogP contribution in [0.1, 0.15) is 0 Å². The summed E-state index contributed by atoms with van der Waals surface area (Å²) in [4.78, 5) is 10.6. The first-order valence-electron chi connectivity index (χ1n) is 5.69. The minimum absolute atomic E-state index is 0.842. The molecule has 0 atom stereocenters. The van der Waals surface area contributed by atoms with E-state index >= 15 is 0 Å². The zero-order chi connectivity index (χ0) is 12.5. The van der Waals surface area contributed by atoms with Crippen molar-refractivity contribution < 1.29 is 0 Å². The van der Waals surface area contributed by atoms with E-state index in [1.54, 1.807) is 16.9 Å². The second kappa shape index (κ2) is 4.10. The van der Waals surface area contributed by atoms with E-state index in [1.807, 2.05) is 49.5 Å². The minimum atomic E-state index is 0.842. The highest BCUT2D eigenvalue weighted by molar-refractivity contribution is 5.73. The molecule has 3 aromatic heterocycles. The fraction of sp³-hybridized carbons (Fsp3) is 0.154. The van der Waals surface area contributed by atoms with Gasteiger partial charge in [-0.2, -0.15) is 5.10 Å². The Hall–Kier alpha value is -2.43. The van der Waals surface area contributed by atoms with Gasteiger partial charge in [-0.3, -0.25) is 0 Å². The van der Waals surface area contributed by atoms with E-state index in [-0.39, 0.29) is 0 Å². The fourth-order valence-electron chi connectivity index (χ4n) is 1.91. The van der Waals surface area contributed by atoms with Crippen molar-refractivity contribution in [3.05, 3.63) is 42.9 Å². The minimum Gasteiger partial charge on any atom is -0.362 e. The lowest BCUT2D eigenvalue weighted by atomic mass is 10.1. The van der Waals surface area contributed by atoms with Gasteiger partial charge in [0, 0.05) is 38.2 Å². The lowest BCUT2D eigenvalue weighted by Crippen LogP contribution is -2.12. The van der Waals surface area contributed by atoms with E-state index in [2.05, 4.69) is 15.1 Å². The van der Waals surface area contributed by atoms with Crippen molar-refractivity contribution in [3.63, 3.8) is 0 Å². The Balaban J connectivity index is 2.19. The van der Waals surface area contributed by atoms with Crippen LogP contribution in [0.25, 0.3) is 16.9 Å². The monoisotopic (exact) mass is 239 g/mol. The summed E-state index contributed by atoms with van der Waals surface area (Å²) in [6.07, 6.45) is 5.36. The van der Waals surface area contributed by atoms with Crippen molar-refractivity contribution in [3.8, 4) is 11.3 Å². The van der Waals surface area contributed by atoms with Crippen molar-refractivity contribution in [1.82, 2.24) is 19.6 Å². The molecule has 3 heterocycles. The van der Waals surface area contributed by atoms with E-state index in [0.717, 1.165) is 22.7 Å². The van der Waals surface area contributed by atoms with Gasteiger partial charge in [0.05, 0.1) is 5.69 Å². The van der Waals surface area contributed by atoms with E-state index in [4.69, 9.17) is 0 Å². The van der Waals surface area contributed by atoms with Gasteiger partial charge < -0.3 is 4.90 Å². The first kappa shape index (κ1) is 10.7. The molecule has 0 fully saturated rings. The summed E-state index contributed by atoms with van der Waals surface area (Å²) in [5, 5.41) is 4.54. The van der Waals surface area contributed by atoms with Crippen LogP contribution in [-0.4, -0.2) is 33.7 Å². The maximum atomic E-state index is 4.54. The lowest BCUT2D eigenvalue weighted by molar-refractivity contribution is 0.939. The Morgan fingerprint density at radius 3 is 2.78 bits per heavy atom. The van der Waals surface area contributed by atoms with Crippen molar-refractivity contribution in [2.45, 2.75) is 0 Å². The highest BCUT2D eigenvalue weighted by Crippen LogP contribution is 2.25. The number of hydrogen-bond donors (Lipinski definition) is 0. The largest absolute Gasteiger partial charge is 0.362 e. The van der Waals surface area contributed by atoms with Crippen molar-refractivity contribution in [2.75, 3.05) is 19.0 Å². The molecule has 0 amide bonds. The average molecular weight is 239 g/mol. The summed E-state index contributed by atoms with van der Waals surface area (Å²) in [7, 11) is 3.95. The van der Waals surface area contributed by atoms with Gasteiger partial charge in [0.2, 0.25) is 0 Å². The molecule has 90 valence electrons. The number of aromatic nitrogens is 4. The third-order valence-corrected chi connectivity index (χ3v) is 2.74. The number of pyridine rings is 1. The normalized spacial score (nSPS) is 10.8. The van der Waals surface area contributed by atoms with E-state index in [0.29, 0.717) is 0 Å². The summed E-state index contributed by atoms with van der Waals surface area (Å²) < 4.78 is 1.77. The molecular formula is C13H13N5. The zero-order valence-electron chi connectivity index (χ0n) is 10.3. The van der Waals surface area contributed by atoms with Crippen LogP contribution in [0.2, 0.25) is 0 Å². The van der Waals surface area contributed by atoms with Gasteiger partial charge in [-0.25, -0.2) is 14.5 Å². The van der Waals surface area contributed by atoms with Crippen LogP contribution >= 0.6 is 0 Å². The van der Waals surface area contributed by atoms with Crippen LogP contribution in [0.4, 0.5) is 5.82 Å². The van der Waals surface area contributed by atoms with Crippen LogP contribution in [0.15, 0.2) is 42.9 Å². The van der Waals surface area contributed by atoms with Crippen LogP contribution in [-0.2, 0) is 0 Å².